The van der Waals surface area contributed by atoms with Crippen molar-refractivity contribution in [3.63, 3.8) is 0 Å². The fourth-order valence-corrected chi connectivity index (χ4v) is 1.86. The number of aliphatic hydroxyl groups excluding tert-OH is 1. The number of ether oxygens (including phenoxy) is 1. The first-order valence-corrected chi connectivity index (χ1v) is 5.47. The molecule has 0 aliphatic rings. The second-order valence-corrected chi connectivity index (χ2v) is 4.33. The van der Waals surface area contributed by atoms with E-state index in [-0.39, 0.29) is 24.9 Å². The minimum absolute atomic E-state index is 0.00943. The molecule has 0 bridgehead atoms. The van der Waals surface area contributed by atoms with Crippen LogP contribution in [0.15, 0.2) is 16.6 Å². The standard InChI is InChI=1S/C11H14BrFO2/c1-7(5-14)8-3-10(12)9(6-15-2)11(13)4-8/h3-4,7,14H,5-6H2,1-2H3. The Morgan fingerprint density at radius 2 is 2.20 bits per heavy atom. The maximum absolute atomic E-state index is 13.6. The summed E-state index contributed by atoms with van der Waals surface area (Å²) in [4.78, 5) is 0. The third-order valence-electron chi connectivity index (χ3n) is 2.29. The zero-order chi connectivity index (χ0) is 11.4. The van der Waals surface area contributed by atoms with Crippen molar-refractivity contribution in [2.24, 2.45) is 0 Å². The molecule has 1 N–H and O–H groups in total. The SMILES string of the molecule is COCc1c(F)cc(C(C)CO)cc1Br. The van der Waals surface area contributed by atoms with Gasteiger partial charge in [0.25, 0.3) is 0 Å². The highest BCUT2D eigenvalue weighted by Gasteiger charge is 2.12. The van der Waals surface area contributed by atoms with E-state index in [2.05, 4.69) is 15.9 Å². The van der Waals surface area contributed by atoms with E-state index in [4.69, 9.17) is 9.84 Å². The molecule has 0 amide bonds. The average molecular weight is 277 g/mol. The van der Waals surface area contributed by atoms with E-state index in [9.17, 15) is 4.39 Å². The first-order valence-electron chi connectivity index (χ1n) is 4.67. The Labute approximate surface area is 97.2 Å². The van der Waals surface area contributed by atoms with Gasteiger partial charge in [0.05, 0.1) is 6.61 Å². The third kappa shape index (κ3) is 3.00. The molecule has 0 radical (unpaired) electrons. The highest BCUT2D eigenvalue weighted by Crippen LogP contribution is 2.26. The molecular weight excluding hydrogens is 263 g/mol. The molecule has 15 heavy (non-hydrogen) atoms. The molecule has 0 spiro atoms. The molecule has 0 saturated heterocycles. The Hall–Kier alpha value is -0.450. The van der Waals surface area contributed by atoms with Crippen molar-refractivity contribution in [1.82, 2.24) is 0 Å². The first kappa shape index (κ1) is 12.6. The van der Waals surface area contributed by atoms with Crippen LogP contribution in [-0.4, -0.2) is 18.8 Å². The minimum Gasteiger partial charge on any atom is -0.396 e. The van der Waals surface area contributed by atoms with Gasteiger partial charge in [0.1, 0.15) is 5.82 Å². The van der Waals surface area contributed by atoms with E-state index < -0.39 is 0 Å². The van der Waals surface area contributed by atoms with Crippen LogP contribution < -0.4 is 0 Å². The Balaban J connectivity index is 3.07. The molecule has 0 aliphatic carbocycles. The topological polar surface area (TPSA) is 29.5 Å². The van der Waals surface area contributed by atoms with Gasteiger partial charge in [0.2, 0.25) is 0 Å². The fraction of sp³-hybridized carbons (Fsp3) is 0.455. The van der Waals surface area contributed by atoms with Gasteiger partial charge in [-0.25, -0.2) is 4.39 Å². The summed E-state index contributed by atoms with van der Waals surface area (Å²) >= 11 is 3.29. The predicted octanol–water partition coefficient (Wildman–Crippen LogP) is 2.83. The van der Waals surface area contributed by atoms with Crippen LogP contribution in [0.25, 0.3) is 0 Å². The quantitative estimate of drug-likeness (QED) is 0.917. The van der Waals surface area contributed by atoms with Gasteiger partial charge in [-0.3, -0.25) is 0 Å². The molecular formula is C11H14BrFO2. The van der Waals surface area contributed by atoms with Crippen molar-refractivity contribution in [2.45, 2.75) is 19.4 Å². The lowest BCUT2D eigenvalue weighted by molar-refractivity contribution is 0.180. The largest absolute Gasteiger partial charge is 0.396 e. The molecule has 1 rings (SSSR count). The summed E-state index contributed by atoms with van der Waals surface area (Å²) in [5.74, 6) is -0.367. The van der Waals surface area contributed by atoms with E-state index in [1.807, 2.05) is 13.0 Å². The summed E-state index contributed by atoms with van der Waals surface area (Å²) < 4.78 is 19.2. The zero-order valence-corrected chi connectivity index (χ0v) is 10.3. The maximum Gasteiger partial charge on any atom is 0.130 e. The van der Waals surface area contributed by atoms with Crippen LogP contribution in [0, 0.1) is 5.82 Å². The molecule has 1 aromatic carbocycles. The van der Waals surface area contributed by atoms with Crippen LogP contribution in [-0.2, 0) is 11.3 Å². The van der Waals surface area contributed by atoms with Gasteiger partial charge in [0.15, 0.2) is 0 Å². The number of methoxy groups -OCH3 is 1. The molecule has 1 unspecified atom stereocenters. The molecule has 0 saturated carbocycles. The van der Waals surface area contributed by atoms with Gasteiger partial charge in [-0.1, -0.05) is 22.9 Å². The maximum atomic E-state index is 13.6. The molecule has 0 fully saturated rings. The molecule has 4 heteroatoms. The summed E-state index contributed by atoms with van der Waals surface area (Å²) in [5.41, 5.74) is 1.29. The fourth-order valence-electron chi connectivity index (χ4n) is 1.29. The van der Waals surface area contributed by atoms with Crippen molar-refractivity contribution in [1.29, 1.82) is 0 Å². The van der Waals surface area contributed by atoms with E-state index in [0.29, 0.717) is 10.0 Å². The van der Waals surface area contributed by atoms with E-state index in [1.165, 1.54) is 13.2 Å². The Kier molecular flexibility index (Phi) is 4.70. The van der Waals surface area contributed by atoms with Crippen molar-refractivity contribution in [3.8, 4) is 0 Å². The molecule has 0 aliphatic heterocycles. The molecule has 1 atom stereocenters. The predicted molar refractivity (Wildman–Crippen MR) is 60.3 cm³/mol. The van der Waals surface area contributed by atoms with Crippen LogP contribution in [0.1, 0.15) is 24.0 Å². The Morgan fingerprint density at radius 1 is 1.53 bits per heavy atom. The number of halogens is 2. The minimum atomic E-state index is -0.304. The van der Waals surface area contributed by atoms with Crippen LogP contribution in [0.4, 0.5) is 4.39 Å². The third-order valence-corrected chi connectivity index (χ3v) is 3.00. The van der Waals surface area contributed by atoms with E-state index >= 15 is 0 Å². The van der Waals surface area contributed by atoms with Crippen molar-refractivity contribution in [3.05, 3.63) is 33.5 Å². The van der Waals surface area contributed by atoms with E-state index in [1.54, 1.807) is 0 Å². The van der Waals surface area contributed by atoms with Gasteiger partial charge >= 0.3 is 0 Å². The van der Waals surface area contributed by atoms with Crippen molar-refractivity contribution < 1.29 is 14.2 Å². The monoisotopic (exact) mass is 276 g/mol. The van der Waals surface area contributed by atoms with Crippen LogP contribution >= 0.6 is 15.9 Å². The summed E-state index contributed by atoms with van der Waals surface area (Å²) in [6, 6.07) is 3.26. The number of hydrogen-bond acceptors (Lipinski definition) is 2. The van der Waals surface area contributed by atoms with Crippen molar-refractivity contribution in [2.75, 3.05) is 13.7 Å². The average Bonchev–Trinajstić information content (AvgIpc) is 2.22. The summed E-state index contributed by atoms with van der Waals surface area (Å²) in [7, 11) is 1.52. The second-order valence-electron chi connectivity index (χ2n) is 3.48. The van der Waals surface area contributed by atoms with Gasteiger partial charge in [-0.05, 0) is 17.7 Å². The van der Waals surface area contributed by atoms with Gasteiger partial charge in [-0.15, -0.1) is 0 Å². The molecule has 0 aromatic heterocycles. The highest BCUT2D eigenvalue weighted by atomic mass is 79.9. The normalized spacial score (nSPS) is 12.9. The molecule has 0 heterocycles. The number of benzene rings is 1. The Morgan fingerprint density at radius 3 is 2.67 bits per heavy atom. The van der Waals surface area contributed by atoms with E-state index in [0.717, 1.165) is 5.56 Å². The number of hydrogen-bond donors (Lipinski definition) is 1. The summed E-state index contributed by atoms with van der Waals surface area (Å²) in [6.07, 6.45) is 0. The second kappa shape index (κ2) is 5.58. The van der Waals surface area contributed by atoms with Crippen LogP contribution in [0.3, 0.4) is 0 Å². The molecule has 1 aromatic rings. The highest BCUT2D eigenvalue weighted by molar-refractivity contribution is 9.10. The zero-order valence-electron chi connectivity index (χ0n) is 8.76. The van der Waals surface area contributed by atoms with Gasteiger partial charge < -0.3 is 9.84 Å². The van der Waals surface area contributed by atoms with Crippen LogP contribution in [0.5, 0.6) is 0 Å². The lowest BCUT2D eigenvalue weighted by Crippen LogP contribution is -2.02. The van der Waals surface area contributed by atoms with Crippen molar-refractivity contribution >= 4 is 15.9 Å². The Bertz CT molecular complexity index is 318. The smallest absolute Gasteiger partial charge is 0.130 e. The van der Waals surface area contributed by atoms with Gasteiger partial charge in [0, 0.05) is 29.7 Å². The van der Waals surface area contributed by atoms with Crippen LogP contribution in [0.2, 0.25) is 0 Å². The number of aliphatic hydroxyl groups is 1. The molecule has 2 nitrogen and oxygen atoms in total. The lowest BCUT2D eigenvalue weighted by atomic mass is 10.0. The summed E-state index contributed by atoms with van der Waals surface area (Å²) in [6.45, 7) is 2.09. The first-order chi connectivity index (χ1) is 7.10. The lowest BCUT2D eigenvalue weighted by Gasteiger charge is -2.12. The molecule has 84 valence electrons. The van der Waals surface area contributed by atoms with Gasteiger partial charge in [-0.2, -0.15) is 0 Å². The number of rotatable bonds is 4. The summed E-state index contributed by atoms with van der Waals surface area (Å²) in [5, 5.41) is 8.98.